The Morgan fingerprint density at radius 2 is 2.10 bits per heavy atom. The number of hydrogen-bond acceptors (Lipinski definition) is 3. The van der Waals surface area contributed by atoms with E-state index >= 15 is 0 Å². The zero-order valence-corrected chi connectivity index (χ0v) is 15.1. The van der Waals surface area contributed by atoms with E-state index in [1.807, 2.05) is 12.1 Å². The van der Waals surface area contributed by atoms with Crippen molar-refractivity contribution in [1.29, 1.82) is 0 Å². The molecule has 0 saturated heterocycles. The van der Waals surface area contributed by atoms with Crippen LogP contribution in [-0.2, 0) is 11.3 Å². The van der Waals surface area contributed by atoms with Crippen LogP contribution < -0.4 is 4.74 Å². The van der Waals surface area contributed by atoms with Gasteiger partial charge in [0.25, 0.3) is 5.91 Å². The van der Waals surface area contributed by atoms with E-state index < -0.39 is 5.82 Å². The molecule has 0 fully saturated rings. The maximum absolute atomic E-state index is 13.6. The van der Waals surface area contributed by atoms with E-state index in [2.05, 4.69) is 31.9 Å². The summed E-state index contributed by atoms with van der Waals surface area (Å²) in [5.41, 5.74) is 0. The second-order valence-electron chi connectivity index (χ2n) is 4.32. The van der Waals surface area contributed by atoms with Crippen molar-refractivity contribution in [3.63, 3.8) is 0 Å². The second-order valence-corrected chi connectivity index (χ2v) is 7.78. The first-order valence-corrected chi connectivity index (χ1v) is 8.42. The fourth-order valence-electron chi connectivity index (χ4n) is 1.60. The van der Waals surface area contributed by atoms with Gasteiger partial charge in [0.15, 0.2) is 18.2 Å². The lowest BCUT2D eigenvalue weighted by Gasteiger charge is -2.16. The molecule has 0 radical (unpaired) electrons. The number of likely N-dealkylation sites (N-methyl/N-ethyl adjacent to an activating group) is 1. The first-order chi connectivity index (χ1) is 9.95. The molecule has 1 aromatic heterocycles. The van der Waals surface area contributed by atoms with Crippen molar-refractivity contribution < 1.29 is 13.9 Å². The van der Waals surface area contributed by atoms with Gasteiger partial charge in [-0.3, -0.25) is 4.79 Å². The van der Waals surface area contributed by atoms with E-state index in [1.165, 1.54) is 12.1 Å². The van der Waals surface area contributed by atoms with Gasteiger partial charge >= 0.3 is 0 Å². The van der Waals surface area contributed by atoms with Crippen molar-refractivity contribution in [2.75, 3.05) is 13.7 Å². The number of carbonyl (C=O) groups is 1. The summed E-state index contributed by atoms with van der Waals surface area (Å²) in [5.74, 6) is -0.636. The van der Waals surface area contributed by atoms with Crippen molar-refractivity contribution in [3.8, 4) is 5.75 Å². The Hall–Kier alpha value is -0.920. The Labute approximate surface area is 143 Å². The third-order valence-corrected chi connectivity index (χ3v) is 4.79. The van der Waals surface area contributed by atoms with Gasteiger partial charge in [0, 0.05) is 16.4 Å². The van der Waals surface area contributed by atoms with Crippen LogP contribution in [0.5, 0.6) is 5.75 Å². The minimum Gasteiger partial charge on any atom is -0.481 e. The molecule has 1 aromatic carbocycles. The lowest BCUT2D eigenvalue weighted by atomic mass is 10.3. The number of benzene rings is 1. The van der Waals surface area contributed by atoms with E-state index in [4.69, 9.17) is 4.74 Å². The fourth-order valence-corrected chi connectivity index (χ4v) is 3.47. The summed E-state index contributed by atoms with van der Waals surface area (Å²) < 4.78 is 20.4. The zero-order chi connectivity index (χ0) is 15.4. The quantitative estimate of drug-likeness (QED) is 0.692. The van der Waals surface area contributed by atoms with E-state index in [0.29, 0.717) is 11.0 Å². The van der Waals surface area contributed by atoms with Crippen LogP contribution in [0.1, 0.15) is 4.88 Å². The number of carbonyl (C=O) groups excluding carboxylic acids is 1. The highest BCUT2D eigenvalue weighted by molar-refractivity contribution is 9.11. The SMILES string of the molecule is CN(Cc1ccc(Br)s1)C(=O)COc1ccc(Br)cc1F. The van der Waals surface area contributed by atoms with Crippen molar-refractivity contribution in [3.05, 3.63) is 49.3 Å². The zero-order valence-electron chi connectivity index (χ0n) is 11.1. The Kier molecular flexibility index (Phi) is 5.78. The van der Waals surface area contributed by atoms with Crippen molar-refractivity contribution in [1.82, 2.24) is 4.90 Å². The lowest BCUT2D eigenvalue weighted by Crippen LogP contribution is -2.30. The first-order valence-electron chi connectivity index (χ1n) is 6.01. The molecule has 0 spiro atoms. The van der Waals surface area contributed by atoms with Gasteiger partial charge in [-0.15, -0.1) is 11.3 Å². The summed E-state index contributed by atoms with van der Waals surface area (Å²) in [6.07, 6.45) is 0. The molecule has 0 aliphatic heterocycles. The van der Waals surface area contributed by atoms with Gasteiger partial charge in [0.05, 0.1) is 10.3 Å². The smallest absolute Gasteiger partial charge is 0.260 e. The number of amides is 1. The van der Waals surface area contributed by atoms with E-state index in [-0.39, 0.29) is 18.3 Å². The Bertz CT molecular complexity index is 648. The number of rotatable bonds is 5. The lowest BCUT2D eigenvalue weighted by molar-refractivity contribution is -0.132. The topological polar surface area (TPSA) is 29.5 Å². The minimum absolute atomic E-state index is 0.0684. The summed E-state index contributed by atoms with van der Waals surface area (Å²) in [6.45, 7) is 0.308. The van der Waals surface area contributed by atoms with Crippen molar-refractivity contribution >= 4 is 49.1 Å². The summed E-state index contributed by atoms with van der Waals surface area (Å²) in [6, 6.07) is 8.34. The molecule has 0 N–H and O–H groups in total. The molecule has 21 heavy (non-hydrogen) atoms. The van der Waals surface area contributed by atoms with Crippen molar-refractivity contribution in [2.24, 2.45) is 0 Å². The molecular formula is C14H12Br2FNO2S. The molecule has 0 bridgehead atoms. The summed E-state index contributed by atoms with van der Waals surface area (Å²) in [7, 11) is 1.69. The second kappa shape index (κ2) is 7.38. The van der Waals surface area contributed by atoms with E-state index in [0.717, 1.165) is 8.66 Å². The maximum atomic E-state index is 13.6. The molecule has 0 aliphatic carbocycles. The van der Waals surface area contributed by atoms with Crippen LogP contribution in [0.3, 0.4) is 0 Å². The number of nitrogens with zero attached hydrogens (tertiary/aromatic N) is 1. The van der Waals surface area contributed by atoms with Gasteiger partial charge < -0.3 is 9.64 Å². The first kappa shape index (κ1) is 16.5. The van der Waals surface area contributed by atoms with Gasteiger partial charge in [-0.1, -0.05) is 15.9 Å². The Balaban J connectivity index is 1.89. The Morgan fingerprint density at radius 3 is 2.71 bits per heavy atom. The van der Waals surface area contributed by atoms with Crippen molar-refractivity contribution in [2.45, 2.75) is 6.54 Å². The van der Waals surface area contributed by atoms with Gasteiger partial charge in [0.2, 0.25) is 0 Å². The average molecular weight is 437 g/mol. The highest BCUT2D eigenvalue weighted by atomic mass is 79.9. The monoisotopic (exact) mass is 435 g/mol. The van der Waals surface area contributed by atoms with E-state index in [9.17, 15) is 9.18 Å². The maximum Gasteiger partial charge on any atom is 0.260 e. The number of thiophene rings is 1. The van der Waals surface area contributed by atoms with Crippen LogP contribution in [0, 0.1) is 5.82 Å². The molecule has 7 heteroatoms. The molecule has 0 atom stereocenters. The molecule has 1 heterocycles. The molecule has 0 aliphatic rings. The highest BCUT2D eigenvalue weighted by Crippen LogP contribution is 2.23. The minimum atomic E-state index is -0.498. The third-order valence-electron chi connectivity index (χ3n) is 2.69. The number of halogens is 3. The van der Waals surface area contributed by atoms with Gasteiger partial charge in [0.1, 0.15) is 0 Å². The predicted molar refractivity (Wildman–Crippen MR) is 88.1 cm³/mol. The van der Waals surface area contributed by atoms with E-state index in [1.54, 1.807) is 29.4 Å². The van der Waals surface area contributed by atoms with Crippen LogP contribution in [0.25, 0.3) is 0 Å². The summed E-state index contributed by atoms with van der Waals surface area (Å²) in [5, 5.41) is 0. The molecule has 1 amide bonds. The average Bonchev–Trinajstić information content (AvgIpc) is 2.82. The highest BCUT2D eigenvalue weighted by Gasteiger charge is 2.13. The van der Waals surface area contributed by atoms with Gasteiger partial charge in [-0.25, -0.2) is 4.39 Å². The molecule has 2 aromatic rings. The number of ether oxygens (including phenoxy) is 1. The third kappa shape index (κ3) is 4.79. The van der Waals surface area contributed by atoms with Gasteiger partial charge in [-0.2, -0.15) is 0 Å². The molecule has 0 saturated carbocycles. The van der Waals surface area contributed by atoms with Crippen LogP contribution in [0.4, 0.5) is 4.39 Å². The predicted octanol–water partition coefficient (Wildman–Crippen LogP) is 4.45. The summed E-state index contributed by atoms with van der Waals surface area (Å²) in [4.78, 5) is 14.6. The molecule has 2 rings (SSSR count). The van der Waals surface area contributed by atoms with Gasteiger partial charge in [-0.05, 0) is 46.3 Å². The number of hydrogen-bond donors (Lipinski definition) is 0. The Morgan fingerprint density at radius 1 is 1.33 bits per heavy atom. The van der Waals surface area contributed by atoms with Crippen LogP contribution >= 0.6 is 43.2 Å². The molecule has 0 unspecified atom stereocenters. The van der Waals surface area contributed by atoms with Crippen LogP contribution in [0.2, 0.25) is 0 Å². The normalized spacial score (nSPS) is 10.5. The molecule has 3 nitrogen and oxygen atoms in total. The van der Waals surface area contributed by atoms with Crippen LogP contribution in [-0.4, -0.2) is 24.5 Å². The summed E-state index contributed by atoms with van der Waals surface area (Å²) >= 11 is 8.11. The largest absolute Gasteiger partial charge is 0.481 e. The molecule has 112 valence electrons. The van der Waals surface area contributed by atoms with Crippen LogP contribution in [0.15, 0.2) is 38.6 Å². The standard InChI is InChI=1S/C14H12Br2FNO2S/c1-18(7-10-3-5-13(16)21-10)14(19)8-20-12-4-2-9(15)6-11(12)17/h2-6H,7-8H2,1H3. The fraction of sp³-hybridized carbons (Fsp3) is 0.214. The molecular weight excluding hydrogens is 425 g/mol.